The van der Waals surface area contributed by atoms with E-state index in [4.69, 9.17) is 4.74 Å². The Kier molecular flexibility index (Phi) is 7.86. The Morgan fingerprint density at radius 3 is 2.34 bits per heavy atom. The van der Waals surface area contributed by atoms with E-state index in [9.17, 15) is 9.59 Å². The molecule has 3 N–H and O–H groups in total. The summed E-state index contributed by atoms with van der Waals surface area (Å²) in [7, 11) is 0. The zero-order valence-electron chi connectivity index (χ0n) is 18.6. The predicted octanol–water partition coefficient (Wildman–Crippen LogP) is 5.02. The van der Waals surface area contributed by atoms with Gasteiger partial charge in [-0.2, -0.15) is 0 Å². The number of nitrogens with one attached hydrogen (secondary N) is 3. The quantitative estimate of drug-likeness (QED) is 0.445. The van der Waals surface area contributed by atoms with Crippen LogP contribution in [-0.4, -0.2) is 24.5 Å². The minimum atomic E-state index is -0.223. The molecule has 0 aliphatic heterocycles. The lowest BCUT2D eigenvalue weighted by Crippen LogP contribution is -2.27. The van der Waals surface area contributed by atoms with Gasteiger partial charge in [-0.15, -0.1) is 0 Å². The Morgan fingerprint density at radius 1 is 0.875 bits per heavy atom. The number of benzene rings is 3. The van der Waals surface area contributed by atoms with Crippen LogP contribution in [0.3, 0.4) is 0 Å². The average Bonchev–Trinajstić information content (AvgIpc) is 2.79. The second kappa shape index (κ2) is 11.0. The molecule has 0 saturated heterocycles. The molecule has 3 aromatic rings. The maximum atomic E-state index is 12.7. The standard InChI is InChI=1S/C26H29N3O3/c1-18(2)32-24-15-8-7-14-23(24)27-17-25(30)29-22-13-9-12-21(16-22)26(31)28-19(3)20-10-5-4-6-11-20/h4-16,18-19,27H,17H2,1-3H3,(H,28,31)(H,29,30). The molecule has 0 radical (unpaired) electrons. The van der Waals surface area contributed by atoms with Gasteiger partial charge in [0.25, 0.3) is 5.91 Å². The number of hydrogen-bond donors (Lipinski definition) is 3. The van der Waals surface area contributed by atoms with Crippen LogP contribution in [0.4, 0.5) is 11.4 Å². The number of para-hydroxylation sites is 2. The molecule has 3 rings (SSSR count). The van der Waals surface area contributed by atoms with E-state index in [0.29, 0.717) is 17.0 Å². The Labute approximate surface area is 189 Å². The second-order valence-corrected chi connectivity index (χ2v) is 7.75. The molecule has 0 spiro atoms. The molecule has 6 heteroatoms. The highest BCUT2D eigenvalue weighted by Gasteiger charge is 2.13. The maximum absolute atomic E-state index is 12.7. The van der Waals surface area contributed by atoms with Crippen molar-refractivity contribution in [1.82, 2.24) is 5.32 Å². The van der Waals surface area contributed by atoms with Crippen LogP contribution in [0.5, 0.6) is 5.75 Å². The third-order valence-corrected chi connectivity index (χ3v) is 4.74. The molecular formula is C26H29N3O3. The summed E-state index contributed by atoms with van der Waals surface area (Å²) in [5.74, 6) is 0.274. The zero-order chi connectivity index (χ0) is 22.9. The third-order valence-electron chi connectivity index (χ3n) is 4.74. The van der Waals surface area contributed by atoms with Gasteiger partial charge in [0.05, 0.1) is 24.4 Å². The first-order valence-corrected chi connectivity index (χ1v) is 10.7. The molecular weight excluding hydrogens is 402 g/mol. The monoisotopic (exact) mass is 431 g/mol. The molecule has 0 fully saturated rings. The van der Waals surface area contributed by atoms with Gasteiger partial charge in [0.15, 0.2) is 0 Å². The first-order valence-electron chi connectivity index (χ1n) is 10.7. The van der Waals surface area contributed by atoms with E-state index in [1.807, 2.05) is 75.4 Å². The van der Waals surface area contributed by atoms with Crippen molar-refractivity contribution in [3.8, 4) is 5.75 Å². The molecule has 6 nitrogen and oxygen atoms in total. The molecule has 0 bridgehead atoms. The van der Waals surface area contributed by atoms with Gasteiger partial charge >= 0.3 is 0 Å². The van der Waals surface area contributed by atoms with Crippen molar-refractivity contribution in [2.45, 2.75) is 32.9 Å². The van der Waals surface area contributed by atoms with Crippen LogP contribution in [0, 0.1) is 0 Å². The summed E-state index contributed by atoms with van der Waals surface area (Å²) < 4.78 is 5.76. The number of carbonyl (C=O) groups is 2. The smallest absolute Gasteiger partial charge is 0.251 e. The highest BCUT2D eigenvalue weighted by Crippen LogP contribution is 2.24. The van der Waals surface area contributed by atoms with Crippen molar-refractivity contribution in [3.63, 3.8) is 0 Å². The number of hydrogen-bond acceptors (Lipinski definition) is 4. The molecule has 0 saturated carbocycles. The summed E-state index contributed by atoms with van der Waals surface area (Å²) in [5, 5.41) is 8.92. The van der Waals surface area contributed by atoms with Gasteiger partial charge in [-0.05, 0) is 56.7 Å². The lowest BCUT2D eigenvalue weighted by atomic mass is 10.1. The molecule has 3 aromatic carbocycles. The summed E-state index contributed by atoms with van der Waals surface area (Å²) in [6.07, 6.45) is 0.0327. The molecule has 166 valence electrons. The van der Waals surface area contributed by atoms with Crippen molar-refractivity contribution in [1.29, 1.82) is 0 Å². The second-order valence-electron chi connectivity index (χ2n) is 7.75. The first-order chi connectivity index (χ1) is 15.4. The fraction of sp³-hybridized carbons (Fsp3) is 0.231. The van der Waals surface area contributed by atoms with E-state index in [1.165, 1.54) is 0 Å². The van der Waals surface area contributed by atoms with Crippen molar-refractivity contribution >= 4 is 23.2 Å². The fourth-order valence-corrected chi connectivity index (χ4v) is 3.19. The highest BCUT2D eigenvalue weighted by molar-refractivity contribution is 5.98. The van der Waals surface area contributed by atoms with Crippen molar-refractivity contribution in [2.24, 2.45) is 0 Å². The van der Waals surface area contributed by atoms with Gasteiger partial charge in [-0.3, -0.25) is 9.59 Å². The van der Waals surface area contributed by atoms with Gasteiger partial charge in [0.2, 0.25) is 5.91 Å². The van der Waals surface area contributed by atoms with Gasteiger partial charge in [-0.1, -0.05) is 48.5 Å². The lowest BCUT2D eigenvalue weighted by Gasteiger charge is -2.16. The van der Waals surface area contributed by atoms with Crippen LogP contribution >= 0.6 is 0 Å². The van der Waals surface area contributed by atoms with Crippen LogP contribution in [-0.2, 0) is 4.79 Å². The minimum absolute atomic E-state index is 0.0327. The maximum Gasteiger partial charge on any atom is 0.251 e. The summed E-state index contributed by atoms with van der Waals surface area (Å²) >= 11 is 0. The molecule has 0 aliphatic rings. The van der Waals surface area contributed by atoms with Crippen LogP contribution in [0.1, 0.15) is 42.7 Å². The molecule has 32 heavy (non-hydrogen) atoms. The Hall–Kier alpha value is -3.80. The number of carbonyl (C=O) groups excluding carboxylic acids is 2. The normalized spacial score (nSPS) is 11.5. The first kappa shape index (κ1) is 22.9. The van der Waals surface area contributed by atoms with Crippen molar-refractivity contribution in [3.05, 3.63) is 90.0 Å². The summed E-state index contributed by atoms with van der Waals surface area (Å²) in [6, 6.07) is 24.0. The van der Waals surface area contributed by atoms with Crippen LogP contribution in [0.2, 0.25) is 0 Å². The predicted molar refractivity (Wildman–Crippen MR) is 128 cm³/mol. The largest absolute Gasteiger partial charge is 0.489 e. The van der Waals surface area contributed by atoms with E-state index in [0.717, 1.165) is 11.3 Å². The number of ether oxygens (including phenoxy) is 1. The van der Waals surface area contributed by atoms with E-state index in [-0.39, 0.29) is 30.5 Å². The molecule has 0 aliphatic carbocycles. The third kappa shape index (κ3) is 6.60. The van der Waals surface area contributed by atoms with Gasteiger partial charge in [-0.25, -0.2) is 0 Å². The molecule has 1 unspecified atom stereocenters. The van der Waals surface area contributed by atoms with Crippen molar-refractivity contribution < 1.29 is 14.3 Å². The molecule has 0 aromatic heterocycles. The zero-order valence-corrected chi connectivity index (χ0v) is 18.6. The topological polar surface area (TPSA) is 79.5 Å². The van der Waals surface area contributed by atoms with Gasteiger partial charge in [0.1, 0.15) is 5.75 Å². The number of rotatable bonds is 9. The van der Waals surface area contributed by atoms with Crippen LogP contribution in [0.15, 0.2) is 78.9 Å². The van der Waals surface area contributed by atoms with Gasteiger partial charge in [0, 0.05) is 11.3 Å². The number of anilines is 2. The van der Waals surface area contributed by atoms with Crippen LogP contribution in [0.25, 0.3) is 0 Å². The number of amides is 2. The highest BCUT2D eigenvalue weighted by atomic mass is 16.5. The summed E-state index contributed by atoms with van der Waals surface area (Å²) in [5.41, 5.74) is 2.82. The minimum Gasteiger partial charge on any atom is -0.489 e. The molecule has 2 amide bonds. The van der Waals surface area contributed by atoms with E-state index >= 15 is 0 Å². The summed E-state index contributed by atoms with van der Waals surface area (Å²) in [4.78, 5) is 25.1. The van der Waals surface area contributed by atoms with E-state index < -0.39 is 0 Å². The average molecular weight is 432 g/mol. The van der Waals surface area contributed by atoms with Crippen molar-refractivity contribution in [2.75, 3.05) is 17.2 Å². The Bertz CT molecular complexity index is 1050. The Balaban J connectivity index is 1.57. The summed E-state index contributed by atoms with van der Waals surface area (Å²) in [6.45, 7) is 5.91. The fourth-order valence-electron chi connectivity index (χ4n) is 3.19. The van der Waals surface area contributed by atoms with Crippen LogP contribution < -0.4 is 20.7 Å². The molecule has 0 heterocycles. The van der Waals surface area contributed by atoms with E-state index in [2.05, 4.69) is 16.0 Å². The van der Waals surface area contributed by atoms with E-state index in [1.54, 1.807) is 24.3 Å². The Morgan fingerprint density at radius 2 is 1.59 bits per heavy atom. The SMILES string of the molecule is CC(C)Oc1ccccc1NCC(=O)Nc1cccc(C(=O)NC(C)c2ccccc2)c1. The molecule has 1 atom stereocenters. The van der Waals surface area contributed by atoms with Gasteiger partial charge < -0.3 is 20.7 Å². The lowest BCUT2D eigenvalue weighted by molar-refractivity contribution is -0.114.